The Kier molecular flexibility index (Phi) is 6.62. The fourth-order valence-corrected chi connectivity index (χ4v) is 3.43. The lowest BCUT2D eigenvalue weighted by Crippen LogP contribution is -2.20. The van der Waals surface area contributed by atoms with Crippen LogP contribution in [-0.2, 0) is 11.2 Å². The van der Waals surface area contributed by atoms with Gasteiger partial charge >= 0.3 is 0 Å². The van der Waals surface area contributed by atoms with Crippen LogP contribution in [0.3, 0.4) is 0 Å². The number of fused-ring (bicyclic) bond motifs is 2. The van der Waals surface area contributed by atoms with Crippen molar-refractivity contribution in [1.29, 1.82) is 0 Å². The van der Waals surface area contributed by atoms with Crippen LogP contribution in [-0.4, -0.2) is 29.5 Å². The predicted molar refractivity (Wildman–Crippen MR) is 121 cm³/mol. The van der Waals surface area contributed by atoms with Crippen LogP contribution >= 0.6 is 0 Å². The highest BCUT2D eigenvalue weighted by atomic mass is 16.1. The first-order chi connectivity index (χ1) is 14.1. The molecule has 5 nitrogen and oxygen atoms in total. The second kappa shape index (κ2) is 9.34. The smallest absolute Gasteiger partial charge is 0.207 e. The number of H-pyrrole nitrogens is 1. The molecular weight excluding hydrogens is 360 g/mol. The molecule has 2 aromatic heterocycles. The highest BCUT2D eigenvalue weighted by Crippen LogP contribution is 2.31. The summed E-state index contributed by atoms with van der Waals surface area (Å²) in [6, 6.07) is 15.3. The van der Waals surface area contributed by atoms with E-state index in [1.165, 1.54) is 33.0 Å². The van der Waals surface area contributed by atoms with Crippen LogP contribution in [0.1, 0.15) is 23.6 Å². The summed E-state index contributed by atoms with van der Waals surface area (Å²) in [5.74, 6) is 0. The van der Waals surface area contributed by atoms with E-state index in [-0.39, 0.29) is 0 Å². The number of hydrogen-bond acceptors (Lipinski definition) is 3. The Morgan fingerprint density at radius 3 is 2.45 bits per heavy atom. The summed E-state index contributed by atoms with van der Waals surface area (Å²) in [5.41, 5.74) is 13.4. The molecule has 0 saturated carbocycles. The van der Waals surface area contributed by atoms with Gasteiger partial charge in [0.05, 0.1) is 11.2 Å². The summed E-state index contributed by atoms with van der Waals surface area (Å²) < 4.78 is 0. The molecule has 0 saturated heterocycles. The van der Waals surface area contributed by atoms with E-state index in [0.717, 1.165) is 23.1 Å². The fourth-order valence-electron chi connectivity index (χ4n) is 3.43. The van der Waals surface area contributed by atoms with Gasteiger partial charge in [0.15, 0.2) is 0 Å². The Hall–Kier alpha value is -3.18. The minimum Gasteiger partial charge on any atom is -0.360 e. The number of nitrogens with one attached hydrogen (secondary N) is 2. The van der Waals surface area contributed by atoms with Crippen LogP contribution in [0.5, 0.6) is 0 Å². The zero-order valence-corrected chi connectivity index (χ0v) is 17.3. The zero-order valence-electron chi connectivity index (χ0n) is 17.3. The predicted octanol–water partition coefficient (Wildman–Crippen LogP) is 4.25. The maximum absolute atomic E-state index is 9.40. The van der Waals surface area contributed by atoms with Crippen molar-refractivity contribution in [3.05, 3.63) is 65.4 Å². The lowest BCUT2D eigenvalue weighted by Gasteiger charge is -2.09. The van der Waals surface area contributed by atoms with E-state index in [4.69, 9.17) is 10.7 Å². The summed E-state index contributed by atoms with van der Waals surface area (Å²) in [4.78, 5) is 17.7. The van der Waals surface area contributed by atoms with Gasteiger partial charge in [-0.3, -0.25) is 4.79 Å². The number of nitrogens with two attached hydrogens (primary N) is 1. The average molecular weight is 389 g/mol. The SMILES string of the molecule is CCc1cc(-c2c[nH]c3ccc(C)cc23)nc2ccc(C)cc12.NCCNC=O. The first kappa shape index (κ1) is 20.6. The second-order valence-electron chi connectivity index (χ2n) is 7.15. The summed E-state index contributed by atoms with van der Waals surface area (Å²) in [6.45, 7) is 7.56. The average Bonchev–Trinajstić information content (AvgIpc) is 3.15. The molecule has 0 aliphatic heterocycles. The third-order valence-electron chi connectivity index (χ3n) is 4.92. The zero-order chi connectivity index (χ0) is 20.8. The van der Waals surface area contributed by atoms with E-state index >= 15 is 0 Å². The molecule has 5 heteroatoms. The number of aryl methyl sites for hydroxylation is 3. The van der Waals surface area contributed by atoms with Crippen molar-refractivity contribution in [2.24, 2.45) is 5.73 Å². The van der Waals surface area contributed by atoms with Crippen molar-refractivity contribution in [1.82, 2.24) is 15.3 Å². The Morgan fingerprint density at radius 1 is 1.07 bits per heavy atom. The van der Waals surface area contributed by atoms with Crippen LogP contribution in [0.25, 0.3) is 33.1 Å². The Morgan fingerprint density at radius 2 is 1.79 bits per heavy atom. The molecule has 0 spiro atoms. The lowest BCUT2D eigenvalue weighted by molar-refractivity contribution is -0.109. The number of amides is 1. The minimum absolute atomic E-state index is 0.513. The van der Waals surface area contributed by atoms with E-state index in [1.54, 1.807) is 0 Å². The summed E-state index contributed by atoms with van der Waals surface area (Å²) in [6.07, 6.45) is 3.72. The van der Waals surface area contributed by atoms with Gasteiger partial charge in [0.1, 0.15) is 0 Å². The van der Waals surface area contributed by atoms with Gasteiger partial charge in [-0.2, -0.15) is 0 Å². The van der Waals surface area contributed by atoms with Crippen molar-refractivity contribution in [2.45, 2.75) is 27.2 Å². The Bertz CT molecular complexity index is 1130. The van der Waals surface area contributed by atoms with E-state index in [1.807, 2.05) is 0 Å². The molecule has 150 valence electrons. The number of aromatic nitrogens is 2. The molecular formula is C24H28N4O. The van der Waals surface area contributed by atoms with Crippen molar-refractivity contribution < 1.29 is 4.79 Å². The quantitative estimate of drug-likeness (QED) is 0.353. The van der Waals surface area contributed by atoms with Crippen LogP contribution in [0.4, 0.5) is 0 Å². The molecule has 29 heavy (non-hydrogen) atoms. The topological polar surface area (TPSA) is 83.8 Å². The van der Waals surface area contributed by atoms with Crippen molar-refractivity contribution in [3.63, 3.8) is 0 Å². The van der Waals surface area contributed by atoms with Gasteiger partial charge in [-0.15, -0.1) is 0 Å². The van der Waals surface area contributed by atoms with E-state index in [2.05, 4.69) is 79.7 Å². The van der Waals surface area contributed by atoms with Gasteiger partial charge in [-0.05, 0) is 56.2 Å². The normalized spacial score (nSPS) is 10.6. The van der Waals surface area contributed by atoms with Gasteiger partial charge in [0.2, 0.25) is 6.41 Å². The molecule has 1 amide bonds. The highest BCUT2D eigenvalue weighted by Gasteiger charge is 2.11. The van der Waals surface area contributed by atoms with Gasteiger partial charge in [0, 0.05) is 41.1 Å². The van der Waals surface area contributed by atoms with Crippen molar-refractivity contribution in [3.8, 4) is 11.3 Å². The molecule has 2 aromatic carbocycles. The number of pyridine rings is 1. The maximum Gasteiger partial charge on any atom is 0.207 e. The molecule has 0 bridgehead atoms. The van der Waals surface area contributed by atoms with E-state index in [0.29, 0.717) is 19.5 Å². The standard InChI is InChI=1S/C21H20N2.C3H8N2O/c1-4-15-11-21(23-20-8-6-13(2)9-16(15)20)18-12-22-19-7-5-14(3)10-17(18)19;4-1-2-5-3-6/h5-12,22H,4H2,1-3H3;3H,1-2,4H2,(H,5,6). The molecule has 0 radical (unpaired) electrons. The van der Waals surface area contributed by atoms with Crippen LogP contribution in [0.15, 0.2) is 48.7 Å². The number of carbonyl (C=O) groups is 1. The third kappa shape index (κ3) is 4.63. The molecule has 0 atom stereocenters. The highest BCUT2D eigenvalue weighted by molar-refractivity contribution is 5.97. The summed E-state index contributed by atoms with van der Waals surface area (Å²) in [5, 5.41) is 4.90. The number of nitrogens with zero attached hydrogens (tertiary/aromatic N) is 1. The molecule has 0 aliphatic rings. The Labute approximate surface area is 171 Å². The summed E-state index contributed by atoms with van der Waals surface area (Å²) >= 11 is 0. The monoisotopic (exact) mass is 388 g/mol. The maximum atomic E-state index is 9.40. The molecule has 4 N–H and O–H groups in total. The summed E-state index contributed by atoms with van der Waals surface area (Å²) in [7, 11) is 0. The fraction of sp³-hybridized carbons (Fsp3) is 0.250. The van der Waals surface area contributed by atoms with E-state index < -0.39 is 0 Å². The number of carbonyl (C=O) groups excluding carboxylic acids is 1. The van der Waals surface area contributed by atoms with Crippen LogP contribution in [0, 0.1) is 13.8 Å². The number of rotatable bonds is 5. The van der Waals surface area contributed by atoms with Gasteiger partial charge in [0.25, 0.3) is 0 Å². The molecule has 0 aliphatic carbocycles. The lowest BCUT2D eigenvalue weighted by atomic mass is 10.0. The van der Waals surface area contributed by atoms with Crippen LogP contribution < -0.4 is 11.1 Å². The van der Waals surface area contributed by atoms with E-state index in [9.17, 15) is 4.79 Å². The molecule has 2 heterocycles. The molecule has 0 unspecified atom stereocenters. The molecule has 4 aromatic rings. The third-order valence-corrected chi connectivity index (χ3v) is 4.92. The van der Waals surface area contributed by atoms with Crippen molar-refractivity contribution >= 4 is 28.2 Å². The van der Waals surface area contributed by atoms with Gasteiger partial charge < -0.3 is 16.0 Å². The first-order valence-corrected chi connectivity index (χ1v) is 9.92. The van der Waals surface area contributed by atoms with Crippen LogP contribution in [0.2, 0.25) is 0 Å². The molecule has 0 fully saturated rings. The van der Waals surface area contributed by atoms with Crippen molar-refractivity contribution in [2.75, 3.05) is 13.1 Å². The number of aromatic amines is 1. The first-order valence-electron chi connectivity index (χ1n) is 9.92. The number of benzene rings is 2. The number of hydrogen-bond donors (Lipinski definition) is 3. The second-order valence-corrected chi connectivity index (χ2v) is 7.15. The van der Waals surface area contributed by atoms with Gasteiger partial charge in [-0.25, -0.2) is 4.98 Å². The largest absolute Gasteiger partial charge is 0.360 e. The molecule has 4 rings (SSSR count). The Balaban J connectivity index is 0.000000353. The van der Waals surface area contributed by atoms with Gasteiger partial charge in [-0.1, -0.05) is 30.2 Å². The minimum atomic E-state index is 0.513.